The molecule has 0 bridgehead atoms. The molecule has 0 aliphatic carbocycles. The molecular weight excluding hydrogens is 448 g/mol. The number of H-pyrrole nitrogens is 1. The van der Waals surface area contributed by atoms with E-state index in [0.29, 0.717) is 24.6 Å². The van der Waals surface area contributed by atoms with Gasteiger partial charge in [0.25, 0.3) is 0 Å². The molecule has 4 aromatic rings. The number of aromatic nitrogens is 6. The van der Waals surface area contributed by atoms with Gasteiger partial charge in [0.15, 0.2) is 10.8 Å². The number of aromatic amines is 1. The number of aryl methyl sites for hydroxylation is 1. The summed E-state index contributed by atoms with van der Waals surface area (Å²) in [5.41, 5.74) is 3.84. The minimum Gasteiger partial charge on any atom is -0.476 e. The molecule has 33 heavy (non-hydrogen) atoms. The van der Waals surface area contributed by atoms with Gasteiger partial charge < -0.3 is 20.6 Å². The van der Waals surface area contributed by atoms with Crippen LogP contribution in [0, 0.1) is 0 Å². The minimum atomic E-state index is -1.08. The first-order valence-corrected chi connectivity index (χ1v) is 10.4. The van der Waals surface area contributed by atoms with Gasteiger partial charge in [0.05, 0.1) is 0 Å². The third-order valence-electron chi connectivity index (χ3n) is 5.08. The Morgan fingerprint density at radius 1 is 1.09 bits per heavy atom. The van der Waals surface area contributed by atoms with Crippen LogP contribution in [0.1, 0.15) is 41.6 Å². The second kappa shape index (κ2) is 11.3. The van der Waals surface area contributed by atoms with E-state index in [-0.39, 0.29) is 21.8 Å². The maximum Gasteiger partial charge on any atom is 0.355 e. The van der Waals surface area contributed by atoms with E-state index in [4.69, 9.17) is 11.6 Å². The van der Waals surface area contributed by atoms with Gasteiger partial charge in [-0.15, -0.1) is 10.2 Å². The molecule has 0 radical (unpaired) electrons. The van der Waals surface area contributed by atoms with E-state index in [9.17, 15) is 9.90 Å². The van der Waals surface area contributed by atoms with Gasteiger partial charge >= 0.3 is 5.97 Å². The van der Waals surface area contributed by atoms with Crippen molar-refractivity contribution in [2.24, 2.45) is 0 Å². The molecule has 6 N–H and O–H groups in total. The quantitative estimate of drug-likeness (QED) is 0.398. The molecule has 0 spiro atoms. The molecule has 0 saturated carbocycles. The minimum absolute atomic E-state index is 0. The van der Waals surface area contributed by atoms with Gasteiger partial charge in [-0.05, 0) is 28.3 Å². The Morgan fingerprint density at radius 3 is 2.39 bits per heavy atom. The number of carbonyl (C=O) groups is 1. The second-order valence-electron chi connectivity index (χ2n) is 7.14. The smallest absolute Gasteiger partial charge is 0.355 e. The van der Waals surface area contributed by atoms with Crippen molar-refractivity contribution >= 4 is 17.6 Å². The lowest BCUT2D eigenvalue weighted by molar-refractivity contribution is 0.0685. The average molecular weight is 473 g/mol. The van der Waals surface area contributed by atoms with Crippen LogP contribution in [0.5, 0.6) is 0 Å². The van der Waals surface area contributed by atoms with E-state index in [2.05, 4.69) is 32.5 Å². The zero-order valence-corrected chi connectivity index (χ0v) is 18.7. The Balaban J connectivity index is 0.00000193. The van der Waals surface area contributed by atoms with Crippen LogP contribution < -0.4 is 0 Å². The van der Waals surface area contributed by atoms with E-state index >= 15 is 0 Å². The highest BCUT2D eigenvalue weighted by molar-refractivity contribution is 6.32. The van der Waals surface area contributed by atoms with E-state index in [1.54, 1.807) is 4.57 Å². The van der Waals surface area contributed by atoms with Crippen molar-refractivity contribution in [1.29, 1.82) is 0 Å². The summed E-state index contributed by atoms with van der Waals surface area (Å²) in [4.78, 5) is 16.0. The highest BCUT2D eigenvalue weighted by Crippen LogP contribution is 2.30. The Bertz CT molecular complexity index is 1190. The van der Waals surface area contributed by atoms with Crippen molar-refractivity contribution < 1.29 is 20.9 Å². The second-order valence-corrected chi connectivity index (χ2v) is 7.50. The highest BCUT2D eigenvalue weighted by atomic mass is 35.5. The lowest BCUT2D eigenvalue weighted by Gasteiger charge is -2.12. The van der Waals surface area contributed by atoms with E-state index in [1.807, 2.05) is 48.5 Å². The van der Waals surface area contributed by atoms with Crippen LogP contribution in [0.4, 0.5) is 0 Å². The SMILES string of the molecule is CCCCc1nc(Cl)c(C(=O)O)n1Cc1ccc(-c2ccccc2-c2nn[nH]n2)cc1.O.O. The number of tetrazole rings is 1. The van der Waals surface area contributed by atoms with Crippen molar-refractivity contribution in [3.63, 3.8) is 0 Å². The van der Waals surface area contributed by atoms with Crippen molar-refractivity contribution in [2.45, 2.75) is 32.7 Å². The van der Waals surface area contributed by atoms with E-state index in [1.165, 1.54) is 0 Å². The van der Waals surface area contributed by atoms with Crippen molar-refractivity contribution in [1.82, 2.24) is 30.2 Å². The van der Waals surface area contributed by atoms with Crippen LogP contribution in [0.2, 0.25) is 5.15 Å². The van der Waals surface area contributed by atoms with Crippen LogP contribution in [0.15, 0.2) is 48.5 Å². The Kier molecular flexibility index (Phi) is 8.80. The monoisotopic (exact) mass is 472 g/mol. The summed E-state index contributed by atoms with van der Waals surface area (Å²) in [6.45, 7) is 2.46. The molecule has 0 fully saturated rings. The molecule has 2 heterocycles. The molecule has 0 saturated heterocycles. The van der Waals surface area contributed by atoms with Gasteiger partial charge in [0.2, 0.25) is 5.82 Å². The normalized spacial score (nSPS) is 10.4. The number of halogens is 1. The molecule has 2 aromatic carbocycles. The summed E-state index contributed by atoms with van der Waals surface area (Å²) in [6.07, 6.45) is 2.58. The number of rotatable bonds is 8. The predicted molar refractivity (Wildman–Crippen MR) is 124 cm³/mol. The molecule has 0 amide bonds. The van der Waals surface area contributed by atoms with Crippen LogP contribution >= 0.6 is 11.6 Å². The molecule has 0 aliphatic rings. The molecule has 174 valence electrons. The van der Waals surface area contributed by atoms with Crippen molar-refractivity contribution in [2.75, 3.05) is 0 Å². The first kappa shape index (κ1) is 25.7. The Morgan fingerprint density at radius 2 is 1.79 bits per heavy atom. The van der Waals surface area contributed by atoms with Gasteiger partial charge in [-0.3, -0.25) is 0 Å². The lowest BCUT2D eigenvalue weighted by Crippen LogP contribution is -2.13. The summed E-state index contributed by atoms with van der Waals surface area (Å²) in [5.74, 6) is 0.140. The fraction of sp³-hybridized carbons (Fsp3) is 0.227. The zero-order chi connectivity index (χ0) is 21.8. The first-order chi connectivity index (χ1) is 15.1. The van der Waals surface area contributed by atoms with Gasteiger partial charge in [-0.1, -0.05) is 73.5 Å². The maximum absolute atomic E-state index is 11.7. The predicted octanol–water partition coefficient (Wildman–Crippen LogP) is 2.82. The molecule has 0 aliphatic heterocycles. The van der Waals surface area contributed by atoms with Gasteiger partial charge in [-0.2, -0.15) is 5.21 Å². The summed E-state index contributed by atoms with van der Waals surface area (Å²) in [7, 11) is 0. The molecule has 2 aromatic heterocycles. The maximum atomic E-state index is 11.7. The largest absolute Gasteiger partial charge is 0.476 e. The topological polar surface area (TPSA) is 173 Å². The van der Waals surface area contributed by atoms with Crippen LogP contribution in [-0.4, -0.2) is 52.2 Å². The van der Waals surface area contributed by atoms with Crippen LogP contribution in [-0.2, 0) is 13.0 Å². The fourth-order valence-electron chi connectivity index (χ4n) is 3.54. The molecule has 0 atom stereocenters. The number of unbranched alkanes of at least 4 members (excludes halogenated alkanes) is 1. The van der Waals surface area contributed by atoms with Crippen molar-refractivity contribution in [3.05, 3.63) is 70.8 Å². The fourth-order valence-corrected chi connectivity index (χ4v) is 3.83. The third-order valence-corrected chi connectivity index (χ3v) is 5.34. The third kappa shape index (κ3) is 5.43. The molecule has 11 heteroatoms. The molecule has 10 nitrogen and oxygen atoms in total. The van der Waals surface area contributed by atoms with Gasteiger partial charge in [-0.25, -0.2) is 9.78 Å². The molecule has 4 rings (SSSR count). The van der Waals surface area contributed by atoms with Crippen LogP contribution in [0.25, 0.3) is 22.5 Å². The Hall–Kier alpha value is -3.60. The number of carboxylic acids is 1. The zero-order valence-electron chi connectivity index (χ0n) is 17.9. The average Bonchev–Trinajstić information content (AvgIpc) is 3.41. The lowest BCUT2D eigenvalue weighted by atomic mass is 9.98. The van der Waals surface area contributed by atoms with Gasteiger partial charge in [0.1, 0.15) is 5.82 Å². The Labute approximate surface area is 194 Å². The van der Waals surface area contributed by atoms with Crippen molar-refractivity contribution in [3.8, 4) is 22.5 Å². The highest BCUT2D eigenvalue weighted by Gasteiger charge is 2.21. The number of aromatic carboxylic acids is 1. The van der Waals surface area contributed by atoms with E-state index < -0.39 is 5.97 Å². The first-order valence-electron chi connectivity index (χ1n) is 9.98. The summed E-state index contributed by atoms with van der Waals surface area (Å²) in [6, 6.07) is 15.8. The molecular formula is C22H25ClN6O4. The number of hydrogen-bond donors (Lipinski definition) is 2. The van der Waals surface area contributed by atoms with E-state index in [0.717, 1.165) is 35.1 Å². The number of carboxylic acid groups (broad SMARTS) is 1. The summed E-state index contributed by atoms with van der Waals surface area (Å²) >= 11 is 6.13. The standard InChI is InChI=1S/C22H21ClN6O2.2H2O/c1-2-3-8-18-24-20(23)19(22(30)31)29(18)13-14-9-11-15(12-10-14)16-6-4-5-7-17(16)21-25-27-28-26-21;;/h4-7,9-12H,2-3,8,13H2,1H3,(H,30,31)(H,25,26,27,28);2*1H2. The number of benzene rings is 2. The van der Waals surface area contributed by atoms with Crippen LogP contribution in [0.3, 0.4) is 0 Å². The number of imidazole rings is 1. The van der Waals surface area contributed by atoms with Gasteiger partial charge in [0, 0.05) is 18.5 Å². The molecule has 0 unspecified atom stereocenters. The number of hydrogen-bond acceptors (Lipinski definition) is 5. The number of nitrogens with one attached hydrogen (secondary N) is 1. The summed E-state index contributed by atoms with van der Waals surface area (Å²) in [5, 5.41) is 23.9. The number of nitrogens with zero attached hydrogens (tertiary/aromatic N) is 5. The summed E-state index contributed by atoms with van der Waals surface area (Å²) < 4.78 is 1.70.